The lowest BCUT2D eigenvalue weighted by atomic mass is 10.0. The largest absolute Gasteiger partial charge is 0.469 e. The van der Waals surface area contributed by atoms with Crippen molar-refractivity contribution in [1.82, 2.24) is 4.90 Å². The van der Waals surface area contributed by atoms with Crippen LogP contribution in [0.4, 0.5) is 5.69 Å². The molecule has 1 aromatic carbocycles. The number of benzene rings is 1. The highest BCUT2D eigenvalue weighted by molar-refractivity contribution is 5.85. The summed E-state index contributed by atoms with van der Waals surface area (Å²) in [5.41, 5.74) is 1.74. The van der Waals surface area contributed by atoms with Gasteiger partial charge in [0.2, 0.25) is 5.91 Å². The quantitative estimate of drug-likeness (QED) is 0.847. The van der Waals surface area contributed by atoms with Crippen molar-refractivity contribution in [2.45, 2.75) is 45.2 Å². The van der Waals surface area contributed by atoms with Crippen LogP contribution < -0.4 is 5.32 Å². The van der Waals surface area contributed by atoms with E-state index in [1.807, 2.05) is 43.0 Å². The van der Waals surface area contributed by atoms with Crippen molar-refractivity contribution in [2.75, 3.05) is 19.0 Å². The number of esters is 1. The molecule has 0 radical (unpaired) electrons. The summed E-state index contributed by atoms with van der Waals surface area (Å²) in [6.45, 7) is 4.91. The number of methoxy groups -OCH3 is 1. The molecule has 0 saturated carbocycles. The monoisotopic (exact) mass is 304 g/mol. The summed E-state index contributed by atoms with van der Waals surface area (Å²) in [5.74, 6) is -0.114. The molecule has 0 bridgehead atoms. The second kappa shape index (κ2) is 7.29. The number of nitrogens with one attached hydrogen (secondary N) is 1. The van der Waals surface area contributed by atoms with Gasteiger partial charge in [0.15, 0.2) is 0 Å². The third kappa shape index (κ3) is 4.00. The van der Waals surface area contributed by atoms with E-state index < -0.39 is 0 Å². The van der Waals surface area contributed by atoms with E-state index in [4.69, 9.17) is 0 Å². The smallest absolute Gasteiger partial charge is 0.309 e. The standard InChI is InChI=1S/C17H24N2O3/c1-12(2)19-9-5-8-15(17(19)21)18-14-7-4-6-13(10-14)11-16(20)22-3/h4,6-7,10,12,15,18H,5,8-9,11H2,1-3H3/t15-/m1/s1. The van der Waals surface area contributed by atoms with Gasteiger partial charge in [-0.2, -0.15) is 0 Å². The minimum atomic E-state index is -0.267. The Kier molecular flexibility index (Phi) is 5.41. The van der Waals surface area contributed by atoms with Gasteiger partial charge in [0.05, 0.1) is 13.5 Å². The van der Waals surface area contributed by atoms with E-state index in [9.17, 15) is 9.59 Å². The minimum Gasteiger partial charge on any atom is -0.469 e. The molecule has 1 N–H and O–H groups in total. The normalized spacial score (nSPS) is 18.5. The van der Waals surface area contributed by atoms with Gasteiger partial charge in [-0.1, -0.05) is 12.1 Å². The molecule has 0 aliphatic carbocycles. The van der Waals surface area contributed by atoms with Crippen molar-refractivity contribution >= 4 is 17.6 Å². The molecule has 22 heavy (non-hydrogen) atoms. The first kappa shape index (κ1) is 16.3. The van der Waals surface area contributed by atoms with E-state index in [-0.39, 0.29) is 30.4 Å². The van der Waals surface area contributed by atoms with Crippen LogP contribution in [0.15, 0.2) is 24.3 Å². The number of ether oxygens (including phenoxy) is 1. The summed E-state index contributed by atoms with van der Waals surface area (Å²) in [7, 11) is 1.38. The summed E-state index contributed by atoms with van der Waals surface area (Å²) >= 11 is 0. The van der Waals surface area contributed by atoms with Crippen molar-refractivity contribution in [3.05, 3.63) is 29.8 Å². The SMILES string of the molecule is COC(=O)Cc1cccc(N[C@@H]2CCCN(C(C)C)C2=O)c1. The molecule has 0 aromatic heterocycles. The second-order valence-corrected chi connectivity index (χ2v) is 5.92. The average Bonchev–Trinajstić information content (AvgIpc) is 2.49. The molecular formula is C17H24N2O3. The van der Waals surface area contributed by atoms with Crippen LogP contribution in [0.3, 0.4) is 0 Å². The zero-order valence-corrected chi connectivity index (χ0v) is 13.5. The van der Waals surface area contributed by atoms with Crippen LogP contribution >= 0.6 is 0 Å². The van der Waals surface area contributed by atoms with Crippen molar-refractivity contribution in [1.29, 1.82) is 0 Å². The fourth-order valence-electron chi connectivity index (χ4n) is 2.76. The number of piperidine rings is 1. The number of nitrogens with zero attached hydrogens (tertiary/aromatic N) is 1. The van der Waals surface area contributed by atoms with Crippen molar-refractivity contribution in [3.63, 3.8) is 0 Å². The molecule has 1 aromatic rings. The molecule has 1 atom stereocenters. The molecule has 1 aliphatic heterocycles. The van der Waals surface area contributed by atoms with Gasteiger partial charge in [-0.3, -0.25) is 9.59 Å². The van der Waals surface area contributed by atoms with Crippen LogP contribution in [-0.2, 0) is 20.7 Å². The first-order valence-electron chi connectivity index (χ1n) is 7.74. The summed E-state index contributed by atoms with van der Waals surface area (Å²) in [5, 5.41) is 3.30. The molecule has 5 nitrogen and oxygen atoms in total. The summed E-state index contributed by atoms with van der Waals surface area (Å²) in [4.78, 5) is 25.7. The third-order valence-electron chi connectivity index (χ3n) is 3.94. The van der Waals surface area contributed by atoms with Crippen LogP contribution in [0, 0.1) is 0 Å². The molecule has 0 spiro atoms. The van der Waals surface area contributed by atoms with E-state index in [2.05, 4.69) is 10.1 Å². The topological polar surface area (TPSA) is 58.6 Å². The first-order chi connectivity index (χ1) is 10.5. The summed E-state index contributed by atoms with van der Waals surface area (Å²) in [6.07, 6.45) is 2.08. The Morgan fingerprint density at radius 2 is 2.23 bits per heavy atom. The maximum Gasteiger partial charge on any atom is 0.309 e. The van der Waals surface area contributed by atoms with E-state index in [1.54, 1.807) is 0 Å². The lowest BCUT2D eigenvalue weighted by Gasteiger charge is -2.35. The Bertz CT molecular complexity index is 542. The minimum absolute atomic E-state index is 0.152. The zero-order chi connectivity index (χ0) is 16.1. The lowest BCUT2D eigenvalue weighted by Crippen LogP contribution is -2.50. The van der Waals surface area contributed by atoms with Gasteiger partial charge in [-0.05, 0) is 44.4 Å². The van der Waals surface area contributed by atoms with Gasteiger partial charge in [-0.15, -0.1) is 0 Å². The molecule has 1 amide bonds. The predicted molar refractivity (Wildman–Crippen MR) is 85.7 cm³/mol. The molecule has 1 saturated heterocycles. The highest BCUT2D eigenvalue weighted by atomic mass is 16.5. The van der Waals surface area contributed by atoms with Gasteiger partial charge in [0, 0.05) is 18.3 Å². The molecular weight excluding hydrogens is 280 g/mol. The molecule has 0 unspecified atom stereocenters. The van der Waals surface area contributed by atoms with Gasteiger partial charge in [0.1, 0.15) is 6.04 Å². The molecule has 120 valence electrons. The van der Waals surface area contributed by atoms with Crippen LogP contribution in [0.25, 0.3) is 0 Å². The van der Waals surface area contributed by atoms with E-state index in [1.165, 1.54) is 7.11 Å². The summed E-state index contributed by atoms with van der Waals surface area (Å²) in [6, 6.07) is 7.62. The lowest BCUT2D eigenvalue weighted by molar-refractivity contribution is -0.140. The van der Waals surface area contributed by atoms with Crippen molar-refractivity contribution in [3.8, 4) is 0 Å². The van der Waals surface area contributed by atoms with Crippen LogP contribution in [0.5, 0.6) is 0 Å². The number of hydrogen-bond acceptors (Lipinski definition) is 4. The Balaban J connectivity index is 2.05. The summed E-state index contributed by atoms with van der Waals surface area (Å²) < 4.78 is 4.68. The first-order valence-corrected chi connectivity index (χ1v) is 7.74. The Hall–Kier alpha value is -2.04. The zero-order valence-electron chi connectivity index (χ0n) is 13.5. The molecule has 2 rings (SSSR count). The second-order valence-electron chi connectivity index (χ2n) is 5.92. The van der Waals surface area contributed by atoms with Crippen LogP contribution in [-0.4, -0.2) is 42.5 Å². The van der Waals surface area contributed by atoms with Crippen molar-refractivity contribution in [2.24, 2.45) is 0 Å². The average molecular weight is 304 g/mol. The highest BCUT2D eigenvalue weighted by Crippen LogP contribution is 2.20. The molecule has 5 heteroatoms. The maximum atomic E-state index is 12.5. The molecule has 1 aliphatic rings. The number of anilines is 1. The number of amides is 1. The highest BCUT2D eigenvalue weighted by Gasteiger charge is 2.29. The number of carbonyl (C=O) groups is 2. The van der Waals surface area contributed by atoms with Crippen LogP contribution in [0.1, 0.15) is 32.3 Å². The number of carbonyl (C=O) groups excluding carboxylic acids is 2. The van der Waals surface area contributed by atoms with E-state index in [0.717, 1.165) is 30.6 Å². The van der Waals surface area contributed by atoms with Gasteiger partial charge in [-0.25, -0.2) is 0 Å². The fourth-order valence-corrected chi connectivity index (χ4v) is 2.76. The predicted octanol–water partition coefficient (Wildman–Crippen LogP) is 2.21. The number of hydrogen-bond donors (Lipinski definition) is 1. The van der Waals surface area contributed by atoms with Gasteiger partial charge >= 0.3 is 5.97 Å². The Labute approximate surface area is 131 Å². The van der Waals surface area contributed by atoms with E-state index in [0.29, 0.717) is 0 Å². The third-order valence-corrected chi connectivity index (χ3v) is 3.94. The maximum absolute atomic E-state index is 12.5. The Morgan fingerprint density at radius 1 is 1.45 bits per heavy atom. The van der Waals surface area contributed by atoms with Gasteiger partial charge in [0.25, 0.3) is 0 Å². The van der Waals surface area contributed by atoms with Gasteiger partial charge < -0.3 is 15.0 Å². The Morgan fingerprint density at radius 3 is 2.91 bits per heavy atom. The number of likely N-dealkylation sites (tertiary alicyclic amines) is 1. The molecule has 1 heterocycles. The van der Waals surface area contributed by atoms with E-state index >= 15 is 0 Å². The molecule has 1 fully saturated rings. The van der Waals surface area contributed by atoms with Crippen LogP contribution in [0.2, 0.25) is 0 Å². The van der Waals surface area contributed by atoms with Crippen molar-refractivity contribution < 1.29 is 14.3 Å². The number of rotatable bonds is 5. The fraction of sp³-hybridized carbons (Fsp3) is 0.529.